The van der Waals surface area contributed by atoms with Crippen LogP contribution in [0.4, 0.5) is 11.5 Å². The highest BCUT2D eigenvalue weighted by atomic mass is 16.2. The molecule has 2 aromatic carbocycles. The molecule has 0 spiro atoms. The van der Waals surface area contributed by atoms with Gasteiger partial charge in [-0.2, -0.15) is 0 Å². The molecular formula is C20H20N4O2. The number of carbonyl (C=O) groups excluding carboxylic acids is 2. The molecule has 0 fully saturated rings. The van der Waals surface area contributed by atoms with E-state index in [0.717, 1.165) is 11.1 Å². The van der Waals surface area contributed by atoms with Gasteiger partial charge in [-0.25, -0.2) is 4.98 Å². The molecule has 0 aliphatic carbocycles. The third-order valence-electron chi connectivity index (χ3n) is 3.84. The predicted molar refractivity (Wildman–Crippen MR) is 103 cm³/mol. The lowest BCUT2D eigenvalue weighted by Crippen LogP contribution is -2.28. The summed E-state index contributed by atoms with van der Waals surface area (Å²) in [7, 11) is 0. The fourth-order valence-electron chi connectivity index (χ4n) is 2.68. The molecule has 3 N–H and O–H groups in total. The van der Waals surface area contributed by atoms with Crippen LogP contribution in [0.25, 0.3) is 10.8 Å². The summed E-state index contributed by atoms with van der Waals surface area (Å²) in [6.07, 6.45) is 1.49. The van der Waals surface area contributed by atoms with E-state index in [1.807, 2.05) is 24.3 Å². The van der Waals surface area contributed by atoms with E-state index in [2.05, 4.69) is 39.1 Å². The Morgan fingerprint density at radius 2 is 1.81 bits per heavy atom. The first-order valence-electron chi connectivity index (χ1n) is 8.37. The normalized spacial score (nSPS) is 10.3. The van der Waals surface area contributed by atoms with E-state index in [1.54, 1.807) is 12.1 Å². The zero-order valence-corrected chi connectivity index (χ0v) is 14.5. The summed E-state index contributed by atoms with van der Waals surface area (Å²) >= 11 is 0. The molecule has 6 nitrogen and oxygen atoms in total. The van der Waals surface area contributed by atoms with Gasteiger partial charge >= 0.3 is 0 Å². The lowest BCUT2D eigenvalue weighted by molar-refractivity contribution is -0.114. The highest BCUT2D eigenvalue weighted by Gasteiger charge is 2.07. The SMILES string of the molecule is CC(=O)Nc1cc(C(=O)NCCNc2cccc3ccccc23)ccn1. The van der Waals surface area contributed by atoms with Crippen molar-refractivity contribution in [2.75, 3.05) is 23.7 Å². The fraction of sp³-hybridized carbons (Fsp3) is 0.150. The molecule has 132 valence electrons. The average molecular weight is 348 g/mol. The van der Waals surface area contributed by atoms with Gasteiger partial charge in [-0.1, -0.05) is 36.4 Å². The Hall–Kier alpha value is -3.41. The highest BCUT2D eigenvalue weighted by molar-refractivity contribution is 5.96. The minimum absolute atomic E-state index is 0.210. The van der Waals surface area contributed by atoms with Crippen molar-refractivity contribution in [1.82, 2.24) is 10.3 Å². The Kier molecular flexibility index (Phi) is 5.43. The van der Waals surface area contributed by atoms with Crippen LogP contribution in [0.15, 0.2) is 60.8 Å². The zero-order valence-electron chi connectivity index (χ0n) is 14.5. The van der Waals surface area contributed by atoms with Crippen LogP contribution < -0.4 is 16.0 Å². The number of nitrogens with zero attached hydrogens (tertiary/aromatic N) is 1. The molecule has 2 amide bonds. The molecule has 0 radical (unpaired) electrons. The molecule has 0 saturated heterocycles. The highest BCUT2D eigenvalue weighted by Crippen LogP contribution is 2.22. The quantitative estimate of drug-likeness (QED) is 0.598. The van der Waals surface area contributed by atoms with Gasteiger partial charge < -0.3 is 16.0 Å². The van der Waals surface area contributed by atoms with Crippen molar-refractivity contribution in [2.45, 2.75) is 6.92 Å². The fourth-order valence-corrected chi connectivity index (χ4v) is 2.68. The summed E-state index contributed by atoms with van der Waals surface area (Å²) in [5, 5.41) is 11.1. The van der Waals surface area contributed by atoms with Crippen LogP contribution in [-0.4, -0.2) is 29.9 Å². The van der Waals surface area contributed by atoms with Crippen molar-refractivity contribution < 1.29 is 9.59 Å². The molecule has 1 aromatic heterocycles. The number of fused-ring (bicyclic) bond motifs is 1. The summed E-state index contributed by atoms with van der Waals surface area (Å²) < 4.78 is 0. The Morgan fingerprint density at radius 1 is 1.00 bits per heavy atom. The van der Waals surface area contributed by atoms with Crippen LogP contribution in [0.1, 0.15) is 17.3 Å². The molecule has 3 aromatic rings. The molecule has 0 atom stereocenters. The molecular weight excluding hydrogens is 328 g/mol. The van der Waals surface area contributed by atoms with Crippen LogP contribution in [0, 0.1) is 0 Å². The number of rotatable bonds is 6. The standard InChI is InChI=1S/C20H20N4O2/c1-14(25)24-19-13-16(9-10-22-19)20(26)23-12-11-21-18-8-4-6-15-5-2-3-7-17(15)18/h2-10,13,21H,11-12H2,1H3,(H,23,26)(H,22,24,25). The second-order valence-corrected chi connectivity index (χ2v) is 5.82. The minimum atomic E-state index is -0.227. The van der Waals surface area contributed by atoms with Crippen molar-refractivity contribution in [3.63, 3.8) is 0 Å². The lowest BCUT2D eigenvalue weighted by atomic mass is 10.1. The van der Waals surface area contributed by atoms with Gasteiger partial charge in [0.1, 0.15) is 5.82 Å². The summed E-state index contributed by atoms with van der Waals surface area (Å²) in [4.78, 5) is 27.3. The minimum Gasteiger partial charge on any atom is -0.383 e. The number of hydrogen-bond donors (Lipinski definition) is 3. The van der Waals surface area contributed by atoms with Gasteiger partial charge in [0.25, 0.3) is 5.91 Å². The van der Waals surface area contributed by atoms with Gasteiger partial charge in [0, 0.05) is 42.8 Å². The summed E-state index contributed by atoms with van der Waals surface area (Å²) in [5.74, 6) is -0.0768. The molecule has 0 bridgehead atoms. The first kappa shape index (κ1) is 17.4. The topological polar surface area (TPSA) is 83.1 Å². The number of carbonyl (C=O) groups is 2. The number of anilines is 2. The van der Waals surface area contributed by atoms with E-state index in [0.29, 0.717) is 24.5 Å². The van der Waals surface area contributed by atoms with Crippen molar-refractivity contribution in [2.24, 2.45) is 0 Å². The van der Waals surface area contributed by atoms with E-state index >= 15 is 0 Å². The molecule has 3 rings (SSSR count). The summed E-state index contributed by atoms with van der Waals surface area (Å²) in [6.45, 7) is 2.47. The summed E-state index contributed by atoms with van der Waals surface area (Å²) in [5.41, 5.74) is 1.49. The maximum absolute atomic E-state index is 12.2. The maximum Gasteiger partial charge on any atom is 0.251 e. The number of pyridine rings is 1. The van der Waals surface area contributed by atoms with Crippen molar-refractivity contribution in [3.8, 4) is 0 Å². The van der Waals surface area contributed by atoms with E-state index in [-0.39, 0.29) is 11.8 Å². The second-order valence-electron chi connectivity index (χ2n) is 5.82. The first-order chi connectivity index (χ1) is 12.6. The van der Waals surface area contributed by atoms with Crippen LogP contribution in [0.5, 0.6) is 0 Å². The van der Waals surface area contributed by atoms with Crippen LogP contribution in [0.3, 0.4) is 0 Å². The van der Waals surface area contributed by atoms with E-state index in [9.17, 15) is 9.59 Å². The second kappa shape index (κ2) is 8.11. The van der Waals surface area contributed by atoms with E-state index < -0.39 is 0 Å². The van der Waals surface area contributed by atoms with Gasteiger partial charge in [-0.3, -0.25) is 9.59 Å². The van der Waals surface area contributed by atoms with Crippen molar-refractivity contribution in [1.29, 1.82) is 0 Å². The van der Waals surface area contributed by atoms with Gasteiger partial charge in [-0.05, 0) is 23.6 Å². The smallest absolute Gasteiger partial charge is 0.251 e. The number of benzene rings is 2. The molecule has 0 unspecified atom stereocenters. The van der Waals surface area contributed by atoms with Crippen LogP contribution in [0.2, 0.25) is 0 Å². The zero-order chi connectivity index (χ0) is 18.4. The van der Waals surface area contributed by atoms with Gasteiger partial charge in [0.15, 0.2) is 0 Å². The largest absolute Gasteiger partial charge is 0.383 e. The number of nitrogens with one attached hydrogen (secondary N) is 3. The maximum atomic E-state index is 12.2. The molecule has 0 aliphatic rings. The average Bonchev–Trinajstić information content (AvgIpc) is 2.65. The van der Waals surface area contributed by atoms with Crippen molar-refractivity contribution in [3.05, 3.63) is 66.4 Å². The number of aromatic nitrogens is 1. The van der Waals surface area contributed by atoms with Crippen molar-refractivity contribution >= 4 is 34.1 Å². The molecule has 1 heterocycles. The van der Waals surface area contributed by atoms with Gasteiger partial charge in [-0.15, -0.1) is 0 Å². The Labute approximate surface area is 151 Å². The number of hydrogen-bond acceptors (Lipinski definition) is 4. The Morgan fingerprint density at radius 3 is 2.65 bits per heavy atom. The molecule has 0 saturated carbocycles. The van der Waals surface area contributed by atoms with Gasteiger partial charge in [0.05, 0.1) is 0 Å². The molecule has 26 heavy (non-hydrogen) atoms. The van der Waals surface area contributed by atoms with E-state index in [1.165, 1.54) is 18.5 Å². The molecule has 6 heteroatoms. The predicted octanol–water partition coefficient (Wildman–Crippen LogP) is 3.04. The monoisotopic (exact) mass is 348 g/mol. The van der Waals surface area contributed by atoms with Crippen LogP contribution >= 0.6 is 0 Å². The van der Waals surface area contributed by atoms with E-state index in [4.69, 9.17) is 0 Å². The first-order valence-corrected chi connectivity index (χ1v) is 8.37. The molecule has 0 aliphatic heterocycles. The van der Waals surface area contributed by atoms with Crippen LogP contribution in [-0.2, 0) is 4.79 Å². The Bertz CT molecular complexity index is 935. The Balaban J connectivity index is 1.55. The summed E-state index contributed by atoms with van der Waals surface area (Å²) in [6, 6.07) is 17.4. The number of amides is 2. The van der Waals surface area contributed by atoms with Gasteiger partial charge in [0.2, 0.25) is 5.91 Å². The third-order valence-corrected chi connectivity index (χ3v) is 3.84. The third kappa shape index (κ3) is 4.36. The lowest BCUT2D eigenvalue weighted by Gasteiger charge is -2.11.